The molecule has 0 fully saturated rings. The molecular weight excluding hydrogens is 542 g/mol. The van der Waals surface area contributed by atoms with Gasteiger partial charge in [0.05, 0.1) is 39.3 Å². The summed E-state index contributed by atoms with van der Waals surface area (Å²) in [6.07, 6.45) is 14.9. The first kappa shape index (κ1) is 24.4. The van der Waals surface area contributed by atoms with Gasteiger partial charge in [-0.25, -0.2) is 4.98 Å². The molecule has 7 nitrogen and oxygen atoms in total. The Balaban J connectivity index is 1.43. The summed E-state index contributed by atoms with van der Waals surface area (Å²) in [5.74, 6) is 0. The van der Waals surface area contributed by atoms with E-state index in [2.05, 4.69) is 90.8 Å². The molecule has 0 unspecified atom stereocenters. The molecule has 7 heterocycles. The largest absolute Gasteiger partial charge is 0.305 e. The monoisotopic (exact) mass is 565 g/mol. The molecule has 0 aliphatic carbocycles. The number of fused-ring (bicyclic) bond motifs is 7. The molecule has 7 aromatic heterocycles. The van der Waals surface area contributed by atoms with E-state index in [0.717, 1.165) is 77.5 Å². The molecule has 9 aromatic rings. The molecule has 0 aliphatic rings. The van der Waals surface area contributed by atoms with Crippen LogP contribution < -0.4 is 0 Å². The van der Waals surface area contributed by atoms with Crippen molar-refractivity contribution in [2.45, 2.75) is 0 Å². The van der Waals surface area contributed by atoms with Gasteiger partial charge in [-0.3, -0.25) is 24.5 Å². The minimum absolute atomic E-state index is 0.868. The van der Waals surface area contributed by atoms with E-state index < -0.39 is 0 Å². The maximum atomic E-state index is 5.15. The van der Waals surface area contributed by atoms with Crippen LogP contribution in [0.1, 0.15) is 0 Å². The number of nitrogens with zero attached hydrogens (tertiary/aromatic N) is 7. The highest BCUT2D eigenvalue weighted by atomic mass is 15.1. The van der Waals surface area contributed by atoms with Gasteiger partial charge in [0.15, 0.2) is 0 Å². The third-order valence-electron chi connectivity index (χ3n) is 8.23. The van der Waals surface area contributed by atoms with Gasteiger partial charge in [0.1, 0.15) is 5.65 Å². The van der Waals surface area contributed by atoms with E-state index in [-0.39, 0.29) is 0 Å². The summed E-state index contributed by atoms with van der Waals surface area (Å²) < 4.78 is 4.53. The minimum Gasteiger partial charge on any atom is -0.305 e. The van der Waals surface area contributed by atoms with Crippen molar-refractivity contribution in [1.29, 1.82) is 0 Å². The zero-order valence-corrected chi connectivity index (χ0v) is 23.4. The topological polar surface area (TPSA) is 74.3 Å². The molecule has 0 saturated carbocycles. The van der Waals surface area contributed by atoms with Crippen molar-refractivity contribution in [3.63, 3.8) is 0 Å². The van der Waals surface area contributed by atoms with Crippen LogP contribution >= 0.6 is 0 Å². The lowest BCUT2D eigenvalue weighted by molar-refractivity contribution is 1.13. The van der Waals surface area contributed by atoms with Gasteiger partial charge in [-0.15, -0.1) is 0 Å². The summed E-state index contributed by atoms with van der Waals surface area (Å²) in [5.41, 5.74) is 11.1. The molecule has 0 aliphatic heterocycles. The highest BCUT2D eigenvalue weighted by Crippen LogP contribution is 2.41. The molecule has 0 N–H and O–H groups in total. The van der Waals surface area contributed by atoms with Crippen LogP contribution in [0.4, 0.5) is 0 Å². The maximum absolute atomic E-state index is 5.15. The van der Waals surface area contributed by atoms with Crippen LogP contribution in [0.5, 0.6) is 0 Å². The molecule has 0 spiro atoms. The molecule has 9 rings (SSSR count). The van der Waals surface area contributed by atoms with E-state index in [1.165, 1.54) is 0 Å². The molecule has 44 heavy (non-hydrogen) atoms. The fourth-order valence-electron chi connectivity index (χ4n) is 6.37. The zero-order chi connectivity index (χ0) is 29.0. The number of benzene rings is 2. The van der Waals surface area contributed by atoms with Crippen molar-refractivity contribution >= 4 is 43.9 Å². The van der Waals surface area contributed by atoms with Crippen LogP contribution in [-0.4, -0.2) is 34.1 Å². The Labute approximate surface area is 251 Å². The lowest BCUT2D eigenvalue weighted by Crippen LogP contribution is -1.98. The SMILES string of the molecule is c1cncc(-c2cc(-c3cccnc3)cc(-n3c4ccccc4c4c3ncc3c5ncccc5n(-c5cccnc5)c34)c2)c1. The third-order valence-corrected chi connectivity index (χ3v) is 8.23. The van der Waals surface area contributed by atoms with Gasteiger partial charge in [0.2, 0.25) is 0 Å². The Morgan fingerprint density at radius 1 is 0.455 bits per heavy atom. The Morgan fingerprint density at radius 3 is 1.84 bits per heavy atom. The first-order chi connectivity index (χ1) is 21.8. The predicted molar refractivity (Wildman–Crippen MR) is 175 cm³/mol. The molecule has 0 bridgehead atoms. The summed E-state index contributed by atoms with van der Waals surface area (Å²) in [6.45, 7) is 0. The molecule has 0 saturated heterocycles. The zero-order valence-electron chi connectivity index (χ0n) is 23.4. The van der Waals surface area contributed by atoms with Gasteiger partial charge in [-0.1, -0.05) is 30.3 Å². The average molecular weight is 566 g/mol. The Kier molecular flexibility index (Phi) is 5.36. The van der Waals surface area contributed by atoms with E-state index in [1.54, 1.807) is 18.6 Å². The summed E-state index contributed by atoms with van der Waals surface area (Å²) in [7, 11) is 0. The van der Waals surface area contributed by atoms with Crippen molar-refractivity contribution in [1.82, 2.24) is 34.1 Å². The molecule has 2 aromatic carbocycles. The molecule has 7 heteroatoms. The van der Waals surface area contributed by atoms with Crippen molar-refractivity contribution in [2.75, 3.05) is 0 Å². The van der Waals surface area contributed by atoms with E-state index in [1.807, 2.05) is 55.2 Å². The number of aromatic nitrogens is 7. The fraction of sp³-hybridized carbons (Fsp3) is 0. The van der Waals surface area contributed by atoms with Gasteiger partial charge < -0.3 is 4.57 Å². The number of hydrogen-bond donors (Lipinski definition) is 0. The third kappa shape index (κ3) is 3.66. The Bertz CT molecular complexity index is 2420. The highest BCUT2D eigenvalue weighted by molar-refractivity contribution is 6.24. The van der Waals surface area contributed by atoms with Gasteiger partial charge in [-0.2, -0.15) is 0 Å². The van der Waals surface area contributed by atoms with Crippen molar-refractivity contribution in [3.05, 3.63) is 141 Å². The van der Waals surface area contributed by atoms with Gasteiger partial charge in [0.25, 0.3) is 0 Å². The number of rotatable bonds is 4. The Morgan fingerprint density at radius 2 is 1.14 bits per heavy atom. The minimum atomic E-state index is 0.868. The highest BCUT2D eigenvalue weighted by Gasteiger charge is 2.22. The van der Waals surface area contributed by atoms with Crippen LogP contribution in [0.2, 0.25) is 0 Å². The second-order valence-corrected chi connectivity index (χ2v) is 10.7. The van der Waals surface area contributed by atoms with Crippen molar-refractivity contribution in [2.24, 2.45) is 0 Å². The maximum Gasteiger partial charge on any atom is 0.147 e. The van der Waals surface area contributed by atoms with Crippen LogP contribution in [0, 0.1) is 0 Å². The molecule has 0 amide bonds. The molecule has 0 atom stereocenters. The fourth-order valence-corrected chi connectivity index (χ4v) is 6.37. The van der Waals surface area contributed by atoms with Gasteiger partial charge in [-0.05, 0) is 71.8 Å². The predicted octanol–water partition coefficient (Wildman–Crippen LogP) is 8.19. The standard InChI is InChI=1S/C37H23N7/c1-2-11-32-30(10-1)34-36-31(35-33(12-6-16-41-35)43(36)28-9-5-15-40-22-28)23-42-37(34)44(32)29-18-26(24-7-3-13-38-20-24)17-27(19-29)25-8-4-14-39-21-25/h1-23H. The molecule has 0 radical (unpaired) electrons. The van der Waals surface area contributed by atoms with Crippen molar-refractivity contribution < 1.29 is 0 Å². The van der Waals surface area contributed by atoms with Gasteiger partial charge in [0, 0.05) is 71.0 Å². The van der Waals surface area contributed by atoms with E-state index in [4.69, 9.17) is 9.97 Å². The quantitative estimate of drug-likeness (QED) is 0.215. The first-order valence-corrected chi connectivity index (χ1v) is 14.4. The molecule has 206 valence electrons. The summed E-state index contributed by atoms with van der Waals surface area (Å²) in [5, 5.41) is 3.18. The smallest absolute Gasteiger partial charge is 0.147 e. The lowest BCUT2D eigenvalue weighted by atomic mass is 9.99. The second-order valence-electron chi connectivity index (χ2n) is 10.7. The number of para-hydroxylation sites is 1. The van der Waals surface area contributed by atoms with E-state index in [9.17, 15) is 0 Å². The summed E-state index contributed by atoms with van der Waals surface area (Å²) in [4.78, 5) is 23.2. The van der Waals surface area contributed by atoms with Crippen LogP contribution in [0.15, 0.2) is 141 Å². The summed E-state index contributed by atoms with van der Waals surface area (Å²) >= 11 is 0. The van der Waals surface area contributed by atoms with Gasteiger partial charge >= 0.3 is 0 Å². The number of hydrogen-bond acceptors (Lipinski definition) is 5. The Hall–Kier alpha value is -6.21. The van der Waals surface area contributed by atoms with Crippen LogP contribution in [-0.2, 0) is 0 Å². The average Bonchev–Trinajstić information content (AvgIpc) is 3.62. The van der Waals surface area contributed by atoms with Crippen LogP contribution in [0.3, 0.4) is 0 Å². The molecular formula is C37H23N7. The van der Waals surface area contributed by atoms with Crippen LogP contribution in [0.25, 0.3) is 77.5 Å². The first-order valence-electron chi connectivity index (χ1n) is 14.4. The normalized spacial score (nSPS) is 11.6. The van der Waals surface area contributed by atoms with E-state index >= 15 is 0 Å². The van der Waals surface area contributed by atoms with E-state index in [0.29, 0.717) is 0 Å². The lowest BCUT2D eigenvalue weighted by Gasteiger charge is -2.13. The number of pyridine rings is 5. The summed E-state index contributed by atoms with van der Waals surface area (Å²) in [6, 6.07) is 31.4. The second kappa shape index (κ2) is 9.68. The van der Waals surface area contributed by atoms with Crippen molar-refractivity contribution in [3.8, 4) is 33.6 Å².